The summed E-state index contributed by atoms with van der Waals surface area (Å²) < 4.78 is 0. The SMILES string of the molecule is CC=C[C@H]1CN(C(=O)[C@@H]2C[C@H]2c2ccccc2)[C@@H](CC(C)C)C(=O)N1. The summed E-state index contributed by atoms with van der Waals surface area (Å²) in [7, 11) is 0. The van der Waals surface area contributed by atoms with Crippen molar-refractivity contribution in [2.45, 2.75) is 51.6 Å². The normalized spacial score (nSPS) is 29.1. The molecule has 1 aromatic carbocycles. The Kier molecular flexibility index (Phi) is 5.26. The van der Waals surface area contributed by atoms with Gasteiger partial charge in [-0.2, -0.15) is 0 Å². The van der Waals surface area contributed by atoms with Crippen LogP contribution in [0.1, 0.15) is 45.1 Å². The molecule has 2 amide bonds. The van der Waals surface area contributed by atoms with Crippen LogP contribution >= 0.6 is 0 Å². The monoisotopic (exact) mass is 340 g/mol. The van der Waals surface area contributed by atoms with Gasteiger partial charge in [-0.25, -0.2) is 0 Å². The lowest BCUT2D eigenvalue weighted by Gasteiger charge is -2.39. The number of carbonyl (C=O) groups is 2. The zero-order valence-corrected chi connectivity index (χ0v) is 15.3. The van der Waals surface area contributed by atoms with E-state index < -0.39 is 0 Å². The van der Waals surface area contributed by atoms with E-state index in [0.29, 0.717) is 24.8 Å². The fourth-order valence-electron chi connectivity index (χ4n) is 3.82. The number of hydrogen-bond donors (Lipinski definition) is 1. The van der Waals surface area contributed by atoms with Crippen LogP contribution in [0, 0.1) is 11.8 Å². The molecule has 2 fully saturated rings. The number of piperazine rings is 1. The minimum Gasteiger partial charge on any atom is -0.346 e. The number of rotatable bonds is 5. The number of nitrogens with zero attached hydrogens (tertiary/aromatic N) is 1. The van der Waals surface area contributed by atoms with E-state index in [-0.39, 0.29) is 29.8 Å². The minimum absolute atomic E-state index is 0.0201. The van der Waals surface area contributed by atoms with Gasteiger partial charge in [-0.1, -0.05) is 56.3 Å². The van der Waals surface area contributed by atoms with Gasteiger partial charge in [0.05, 0.1) is 6.04 Å². The maximum Gasteiger partial charge on any atom is 0.243 e. The van der Waals surface area contributed by atoms with E-state index >= 15 is 0 Å². The lowest BCUT2D eigenvalue weighted by molar-refractivity contribution is -0.145. The highest BCUT2D eigenvalue weighted by Crippen LogP contribution is 2.48. The highest BCUT2D eigenvalue weighted by molar-refractivity contribution is 5.91. The average molecular weight is 340 g/mol. The van der Waals surface area contributed by atoms with Crippen molar-refractivity contribution in [2.75, 3.05) is 6.54 Å². The molecule has 1 saturated carbocycles. The average Bonchev–Trinajstić information content (AvgIpc) is 3.38. The summed E-state index contributed by atoms with van der Waals surface area (Å²) in [4.78, 5) is 27.6. The van der Waals surface area contributed by atoms with E-state index in [4.69, 9.17) is 0 Å². The van der Waals surface area contributed by atoms with Crippen molar-refractivity contribution in [2.24, 2.45) is 11.8 Å². The van der Waals surface area contributed by atoms with Gasteiger partial charge in [0.15, 0.2) is 0 Å². The van der Waals surface area contributed by atoms with E-state index in [1.807, 2.05) is 42.2 Å². The molecule has 134 valence electrons. The third-order valence-corrected chi connectivity index (χ3v) is 5.14. The molecule has 1 saturated heterocycles. The van der Waals surface area contributed by atoms with Gasteiger partial charge in [0.25, 0.3) is 0 Å². The molecule has 0 radical (unpaired) electrons. The molecular weight excluding hydrogens is 312 g/mol. The lowest BCUT2D eigenvalue weighted by Crippen LogP contribution is -2.61. The number of hydrogen-bond acceptors (Lipinski definition) is 2. The predicted octanol–water partition coefficient (Wildman–Crippen LogP) is 3.11. The second-order valence-corrected chi connectivity index (χ2v) is 7.64. The van der Waals surface area contributed by atoms with Gasteiger partial charge < -0.3 is 10.2 Å². The Hall–Kier alpha value is -2.10. The molecule has 4 heteroatoms. The molecule has 1 aliphatic heterocycles. The summed E-state index contributed by atoms with van der Waals surface area (Å²) in [5, 5.41) is 3.04. The Morgan fingerprint density at radius 3 is 2.68 bits per heavy atom. The van der Waals surface area contributed by atoms with Crippen molar-refractivity contribution >= 4 is 11.8 Å². The molecule has 0 spiro atoms. The first-order valence-electron chi connectivity index (χ1n) is 9.29. The second kappa shape index (κ2) is 7.42. The van der Waals surface area contributed by atoms with Gasteiger partial charge in [0.2, 0.25) is 11.8 Å². The number of benzene rings is 1. The van der Waals surface area contributed by atoms with Gasteiger partial charge in [-0.15, -0.1) is 0 Å². The molecule has 1 N–H and O–H groups in total. The molecule has 4 nitrogen and oxygen atoms in total. The van der Waals surface area contributed by atoms with E-state index in [1.54, 1.807) is 0 Å². The topological polar surface area (TPSA) is 49.4 Å². The third-order valence-electron chi connectivity index (χ3n) is 5.14. The molecule has 1 aliphatic carbocycles. The Bertz CT molecular complexity index is 653. The predicted molar refractivity (Wildman–Crippen MR) is 99.0 cm³/mol. The van der Waals surface area contributed by atoms with Crippen LogP contribution in [0.3, 0.4) is 0 Å². The van der Waals surface area contributed by atoms with E-state index in [2.05, 4.69) is 31.3 Å². The molecular formula is C21H28N2O2. The molecule has 25 heavy (non-hydrogen) atoms. The van der Waals surface area contributed by atoms with Gasteiger partial charge in [0, 0.05) is 12.5 Å². The van der Waals surface area contributed by atoms with E-state index in [9.17, 15) is 9.59 Å². The first-order chi connectivity index (χ1) is 12.0. The van der Waals surface area contributed by atoms with Gasteiger partial charge in [-0.05, 0) is 37.2 Å². The Morgan fingerprint density at radius 2 is 2.04 bits per heavy atom. The van der Waals surface area contributed by atoms with Crippen LogP contribution in [0.15, 0.2) is 42.5 Å². The molecule has 1 heterocycles. The zero-order valence-electron chi connectivity index (χ0n) is 15.3. The summed E-state index contributed by atoms with van der Waals surface area (Å²) in [5.74, 6) is 0.818. The summed E-state index contributed by atoms with van der Waals surface area (Å²) in [5.41, 5.74) is 1.23. The van der Waals surface area contributed by atoms with E-state index in [1.165, 1.54) is 5.56 Å². The van der Waals surface area contributed by atoms with Gasteiger partial charge in [0.1, 0.15) is 6.04 Å². The zero-order chi connectivity index (χ0) is 18.0. The van der Waals surface area contributed by atoms with Crippen LogP contribution in [-0.4, -0.2) is 35.3 Å². The van der Waals surface area contributed by atoms with Crippen molar-refractivity contribution in [1.82, 2.24) is 10.2 Å². The molecule has 0 aromatic heterocycles. The second-order valence-electron chi connectivity index (χ2n) is 7.64. The van der Waals surface area contributed by atoms with Crippen molar-refractivity contribution < 1.29 is 9.59 Å². The number of allylic oxidation sites excluding steroid dienone is 1. The lowest BCUT2D eigenvalue weighted by atomic mass is 9.97. The summed E-state index contributed by atoms with van der Waals surface area (Å²) in [6, 6.07) is 9.80. The van der Waals surface area contributed by atoms with Crippen molar-refractivity contribution in [1.29, 1.82) is 0 Å². The molecule has 0 unspecified atom stereocenters. The first kappa shape index (κ1) is 17.7. The molecule has 4 atom stereocenters. The molecule has 3 rings (SSSR count). The fourth-order valence-corrected chi connectivity index (χ4v) is 3.82. The van der Waals surface area contributed by atoms with Crippen molar-refractivity contribution in [3.63, 3.8) is 0 Å². The Labute approximate surface area is 150 Å². The highest BCUT2D eigenvalue weighted by Gasteiger charge is 2.49. The summed E-state index contributed by atoms with van der Waals surface area (Å²) >= 11 is 0. The fraction of sp³-hybridized carbons (Fsp3) is 0.524. The Balaban J connectivity index is 1.76. The van der Waals surface area contributed by atoms with Crippen LogP contribution < -0.4 is 5.32 Å². The number of amides is 2. The van der Waals surface area contributed by atoms with Gasteiger partial charge in [-0.3, -0.25) is 9.59 Å². The van der Waals surface area contributed by atoms with Gasteiger partial charge >= 0.3 is 0 Å². The maximum absolute atomic E-state index is 13.2. The van der Waals surface area contributed by atoms with Crippen LogP contribution in [0.25, 0.3) is 0 Å². The summed E-state index contributed by atoms with van der Waals surface area (Å²) in [6.07, 6.45) is 5.50. The first-order valence-corrected chi connectivity index (χ1v) is 9.29. The highest BCUT2D eigenvalue weighted by atomic mass is 16.2. The van der Waals surface area contributed by atoms with E-state index in [0.717, 1.165) is 6.42 Å². The number of nitrogens with one attached hydrogen (secondary N) is 1. The summed E-state index contributed by atoms with van der Waals surface area (Å²) in [6.45, 7) is 6.70. The van der Waals surface area contributed by atoms with Crippen LogP contribution in [-0.2, 0) is 9.59 Å². The Morgan fingerprint density at radius 1 is 1.32 bits per heavy atom. The van der Waals surface area contributed by atoms with Crippen molar-refractivity contribution in [3.8, 4) is 0 Å². The minimum atomic E-state index is -0.342. The number of carbonyl (C=O) groups excluding carboxylic acids is 2. The molecule has 1 aromatic rings. The van der Waals surface area contributed by atoms with Crippen LogP contribution in [0.4, 0.5) is 0 Å². The van der Waals surface area contributed by atoms with Crippen LogP contribution in [0.2, 0.25) is 0 Å². The van der Waals surface area contributed by atoms with Crippen LogP contribution in [0.5, 0.6) is 0 Å². The maximum atomic E-state index is 13.2. The third kappa shape index (κ3) is 3.94. The quantitative estimate of drug-likeness (QED) is 0.837. The largest absolute Gasteiger partial charge is 0.346 e. The standard InChI is InChI=1S/C21H28N2O2/c1-4-8-16-13-23(19(11-14(2)3)20(24)22-16)21(25)18-12-17(18)15-9-6-5-7-10-15/h4-10,14,16-19H,11-13H2,1-3H3,(H,22,24)/t16-,17-,18+,19-/m0/s1. The molecule has 2 aliphatic rings. The van der Waals surface area contributed by atoms with Crippen molar-refractivity contribution in [3.05, 3.63) is 48.0 Å². The molecule has 0 bridgehead atoms. The smallest absolute Gasteiger partial charge is 0.243 e.